The van der Waals surface area contributed by atoms with E-state index in [4.69, 9.17) is 4.79 Å². The average Bonchev–Trinajstić information content (AvgIpc) is 3.10. The van der Waals surface area contributed by atoms with E-state index in [9.17, 15) is 4.39 Å². The zero-order valence-electron chi connectivity index (χ0n) is 9.87. The Hall–Kier alpha value is -1.18. The molecule has 2 heteroatoms. The molecular formula is C13H21FO. The molecule has 2 rings (SSSR count). The second-order valence-corrected chi connectivity index (χ2v) is 2.59. The van der Waals surface area contributed by atoms with Crippen molar-refractivity contribution < 1.29 is 9.18 Å². The van der Waals surface area contributed by atoms with E-state index < -0.39 is 0 Å². The third kappa shape index (κ3) is 24.5. The molecule has 0 aromatic heterocycles. The Morgan fingerprint density at radius 2 is 1.40 bits per heavy atom. The normalized spacial score (nSPS) is 10.1. The van der Waals surface area contributed by atoms with Gasteiger partial charge in [-0.25, -0.2) is 4.39 Å². The SMILES string of the molecule is C1CC1.CC.CC=O.Fc1ccccc1. The van der Waals surface area contributed by atoms with Crippen LogP contribution in [0.25, 0.3) is 0 Å². The fraction of sp³-hybridized carbons (Fsp3) is 0.462. The van der Waals surface area contributed by atoms with Gasteiger partial charge in [-0.15, -0.1) is 0 Å². The molecule has 1 nitrogen and oxygen atoms in total. The van der Waals surface area contributed by atoms with Gasteiger partial charge in [0, 0.05) is 0 Å². The molecule has 15 heavy (non-hydrogen) atoms. The number of carbonyl (C=O) groups is 1. The van der Waals surface area contributed by atoms with Crippen molar-refractivity contribution in [3.63, 3.8) is 0 Å². The second-order valence-electron chi connectivity index (χ2n) is 2.59. The summed E-state index contributed by atoms with van der Waals surface area (Å²) in [5.74, 6) is -0.178. The number of aldehydes is 1. The lowest BCUT2D eigenvalue weighted by Crippen LogP contribution is -1.63. The van der Waals surface area contributed by atoms with Crippen LogP contribution in [0.1, 0.15) is 40.0 Å². The van der Waals surface area contributed by atoms with Gasteiger partial charge in [0.05, 0.1) is 0 Å². The molecule has 0 spiro atoms. The lowest BCUT2D eigenvalue weighted by Gasteiger charge is -1.78. The fourth-order valence-corrected chi connectivity index (χ4v) is 0.415. The highest BCUT2D eigenvalue weighted by atomic mass is 19.1. The van der Waals surface area contributed by atoms with E-state index in [0.717, 1.165) is 6.29 Å². The van der Waals surface area contributed by atoms with E-state index in [1.54, 1.807) is 18.2 Å². The quantitative estimate of drug-likeness (QED) is 0.588. The van der Waals surface area contributed by atoms with Crippen molar-refractivity contribution in [1.29, 1.82) is 0 Å². The molecule has 1 fully saturated rings. The largest absolute Gasteiger partial charge is 0.304 e. The summed E-state index contributed by atoms with van der Waals surface area (Å²) in [6.45, 7) is 5.44. The van der Waals surface area contributed by atoms with E-state index in [1.165, 1.54) is 38.3 Å². The Kier molecular flexibility index (Phi) is 16.6. The maximum Gasteiger partial charge on any atom is 0.123 e. The standard InChI is InChI=1S/C6H5F.C3H6.C2H4O.C2H6/c7-6-4-2-1-3-5-6;1-2-3-1;1-2-3;1-2/h1-5H;1-3H2;2H,1H3;1-2H3. The van der Waals surface area contributed by atoms with E-state index in [-0.39, 0.29) is 5.82 Å². The Bertz CT molecular complexity index is 204. The molecule has 0 saturated heterocycles. The third-order valence-corrected chi connectivity index (χ3v) is 1.09. The first-order valence-corrected chi connectivity index (χ1v) is 5.41. The summed E-state index contributed by atoms with van der Waals surface area (Å²) < 4.78 is 11.9. The summed E-state index contributed by atoms with van der Waals surface area (Å²) in [7, 11) is 0. The van der Waals surface area contributed by atoms with Crippen LogP contribution < -0.4 is 0 Å². The smallest absolute Gasteiger partial charge is 0.123 e. The van der Waals surface area contributed by atoms with E-state index >= 15 is 0 Å². The molecule has 1 aliphatic rings. The van der Waals surface area contributed by atoms with Crippen LogP contribution in [0.2, 0.25) is 0 Å². The predicted octanol–water partition coefficient (Wildman–Crippen LogP) is 4.23. The Morgan fingerprint density at radius 3 is 1.53 bits per heavy atom. The minimum atomic E-state index is -0.178. The van der Waals surface area contributed by atoms with E-state index in [2.05, 4.69) is 0 Å². The lowest BCUT2D eigenvalue weighted by atomic mass is 10.4. The van der Waals surface area contributed by atoms with Crippen LogP contribution in [0, 0.1) is 5.82 Å². The highest BCUT2D eigenvalue weighted by molar-refractivity contribution is 5.44. The maximum atomic E-state index is 11.9. The highest BCUT2D eigenvalue weighted by Gasteiger charge is 1.95. The van der Waals surface area contributed by atoms with E-state index in [0.29, 0.717) is 0 Å². The molecule has 0 N–H and O–H groups in total. The topological polar surface area (TPSA) is 17.1 Å². The van der Waals surface area contributed by atoms with Crippen LogP contribution in [0.5, 0.6) is 0 Å². The summed E-state index contributed by atoms with van der Waals surface area (Å²) in [4.78, 5) is 8.81. The lowest BCUT2D eigenvalue weighted by molar-refractivity contribution is -0.106. The highest BCUT2D eigenvalue weighted by Crippen LogP contribution is 2.14. The molecule has 1 aromatic rings. The van der Waals surface area contributed by atoms with Gasteiger partial charge >= 0.3 is 0 Å². The number of halogens is 1. The Balaban J connectivity index is 0. The monoisotopic (exact) mass is 212 g/mol. The number of rotatable bonds is 0. The van der Waals surface area contributed by atoms with Crippen molar-refractivity contribution in [1.82, 2.24) is 0 Å². The summed E-state index contributed by atoms with van der Waals surface area (Å²) in [6, 6.07) is 7.94. The molecule has 0 bridgehead atoms. The van der Waals surface area contributed by atoms with Crippen molar-refractivity contribution in [2.45, 2.75) is 40.0 Å². The van der Waals surface area contributed by atoms with Gasteiger partial charge in [-0.2, -0.15) is 0 Å². The fourth-order valence-electron chi connectivity index (χ4n) is 0.415. The van der Waals surface area contributed by atoms with Gasteiger partial charge < -0.3 is 4.79 Å². The summed E-state index contributed by atoms with van der Waals surface area (Å²) >= 11 is 0. The van der Waals surface area contributed by atoms with Crippen molar-refractivity contribution in [3.05, 3.63) is 36.1 Å². The molecule has 0 radical (unpaired) electrons. The van der Waals surface area contributed by atoms with Crippen LogP contribution in [0.15, 0.2) is 30.3 Å². The summed E-state index contributed by atoms with van der Waals surface area (Å²) in [5.41, 5.74) is 0. The van der Waals surface area contributed by atoms with Crippen LogP contribution in [-0.4, -0.2) is 6.29 Å². The van der Waals surface area contributed by atoms with Gasteiger partial charge in [0.2, 0.25) is 0 Å². The minimum Gasteiger partial charge on any atom is -0.304 e. The molecule has 0 amide bonds. The number of benzene rings is 1. The molecule has 1 saturated carbocycles. The predicted molar refractivity (Wildman–Crippen MR) is 63.3 cm³/mol. The average molecular weight is 212 g/mol. The van der Waals surface area contributed by atoms with Gasteiger partial charge in [0.15, 0.2) is 0 Å². The first-order chi connectivity index (χ1) is 7.31. The molecule has 0 aliphatic heterocycles. The summed E-state index contributed by atoms with van der Waals surface area (Å²) in [5, 5.41) is 0. The van der Waals surface area contributed by atoms with Gasteiger partial charge in [-0.3, -0.25) is 0 Å². The second kappa shape index (κ2) is 15.3. The molecule has 0 unspecified atom stereocenters. The molecule has 0 heterocycles. The zero-order chi connectivity index (χ0) is 11.9. The third-order valence-electron chi connectivity index (χ3n) is 1.09. The first-order valence-electron chi connectivity index (χ1n) is 5.41. The van der Waals surface area contributed by atoms with Crippen LogP contribution >= 0.6 is 0 Å². The molecule has 86 valence electrons. The van der Waals surface area contributed by atoms with Crippen molar-refractivity contribution >= 4 is 6.29 Å². The van der Waals surface area contributed by atoms with Crippen molar-refractivity contribution in [2.24, 2.45) is 0 Å². The first kappa shape index (κ1) is 16.3. The van der Waals surface area contributed by atoms with Crippen LogP contribution in [0.3, 0.4) is 0 Å². The van der Waals surface area contributed by atoms with Gasteiger partial charge in [-0.05, 0) is 19.1 Å². The van der Waals surface area contributed by atoms with Crippen LogP contribution in [0.4, 0.5) is 4.39 Å². The number of carbonyl (C=O) groups excluding carboxylic acids is 1. The van der Waals surface area contributed by atoms with Gasteiger partial charge in [0.1, 0.15) is 12.1 Å². The maximum absolute atomic E-state index is 11.9. The Labute approximate surface area is 92.3 Å². The number of hydrogen-bond acceptors (Lipinski definition) is 1. The van der Waals surface area contributed by atoms with Crippen LogP contribution in [-0.2, 0) is 4.79 Å². The molecular weight excluding hydrogens is 191 g/mol. The van der Waals surface area contributed by atoms with Gasteiger partial charge in [-0.1, -0.05) is 51.3 Å². The molecule has 1 aliphatic carbocycles. The number of hydrogen-bond donors (Lipinski definition) is 0. The zero-order valence-corrected chi connectivity index (χ0v) is 9.87. The van der Waals surface area contributed by atoms with Crippen molar-refractivity contribution in [2.75, 3.05) is 0 Å². The summed E-state index contributed by atoms with van der Waals surface area (Å²) in [6.07, 6.45) is 5.25. The van der Waals surface area contributed by atoms with Crippen molar-refractivity contribution in [3.8, 4) is 0 Å². The molecule has 1 aromatic carbocycles. The minimum absolute atomic E-state index is 0.178. The van der Waals surface area contributed by atoms with E-state index in [1.807, 2.05) is 13.8 Å². The van der Waals surface area contributed by atoms with Gasteiger partial charge in [0.25, 0.3) is 0 Å². The Morgan fingerprint density at radius 1 is 1.07 bits per heavy atom. The molecule has 0 atom stereocenters.